The van der Waals surface area contributed by atoms with Crippen LogP contribution in [0.2, 0.25) is 0 Å². The van der Waals surface area contributed by atoms with Crippen LogP contribution in [0.1, 0.15) is 15.9 Å². The summed E-state index contributed by atoms with van der Waals surface area (Å²) in [6.07, 6.45) is 0. The molecule has 4 nitrogen and oxygen atoms in total. The molecule has 0 aliphatic carbocycles. The topological polar surface area (TPSA) is 61.5 Å². The molecule has 1 aromatic rings. The first-order chi connectivity index (χ1) is 7.56. The molecule has 2 N–H and O–H groups in total. The number of carbonyl (C=O) groups excluding carboxylic acids is 1. The smallest absolute Gasteiger partial charge is 0.180 e. The van der Waals surface area contributed by atoms with Gasteiger partial charge in [0.25, 0.3) is 0 Å². The van der Waals surface area contributed by atoms with E-state index in [1.54, 1.807) is 13.2 Å². The van der Waals surface area contributed by atoms with Gasteiger partial charge in [0, 0.05) is 0 Å². The van der Waals surface area contributed by atoms with Crippen LogP contribution in [-0.2, 0) is 0 Å². The van der Waals surface area contributed by atoms with Gasteiger partial charge in [0.2, 0.25) is 0 Å². The Morgan fingerprint density at radius 2 is 1.94 bits per heavy atom. The highest BCUT2D eigenvalue weighted by Crippen LogP contribution is 2.39. The van der Waals surface area contributed by atoms with Gasteiger partial charge in [0.1, 0.15) is 16.0 Å². The highest BCUT2D eigenvalue weighted by molar-refractivity contribution is 9.10. The van der Waals surface area contributed by atoms with Gasteiger partial charge < -0.3 is 15.2 Å². The summed E-state index contributed by atoms with van der Waals surface area (Å²) in [4.78, 5) is 11.6. The number of halogens is 1. The molecule has 0 spiro atoms. The van der Waals surface area contributed by atoms with Crippen molar-refractivity contribution in [1.82, 2.24) is 0 Å². The number of hydrogen-bond donors (Lipinski definition) is 1. The molecular weight excluding hydrogens is 274 g/mol. The molecule has 0 amide bonds. The second kappa shape index (κ2) is 5.32. The molecule has 0 heterocycles. The third-order valence-electron chi connectivity index (χ3n) is 2.26. The van der Waals surface area contributed by atoms with Crippen LogP contribution in [0.4, 0.5) is 0 Å². The van der Waals surface area contributed by atoms with Crippen LogP contribution in [-0.4, -0.2) is 26.5 Å². The van der Waals surface area contributed by atoms with Crippen molar-refractivity contribution in [1.29, 1.82) is 0 Å². The fourth-order valence-corrected chi connectivity index (χ4v) is 2.36. The maximum absolute atomic E-state index is 11.6. The first-order valence-electron chi connectivity index (χ1n) is 4.71. The number of carbonyl (C=O) groups is 1. The largest absolute Gasteiger partial charge is 0.495 e. The summed E-state index contributed by atoms with van der Waals surface area (Å²) in [7, 11) is 3.07. The van der Waals surface area contributed by atoms with E-state index in [1.165, 1.54) is 7.11 Å². The molecule has 0 saturated heterocycles. The molecule has 0 unspecified atom stereocenters. The van der Waals surface area contributed by atoms with Crippen molar-refractivity contribution in [2.24, 2.45) is 5.73 Å². The van der Waals surface area contributed by atoms with E-state index in [9.17, 15) is 4.79 Å². The molecule has 16 heavy (non-hydrogen) atoms. The normalized spacial score (nSPS) is 10.1. The number of methoxy groups -OCH3 is 2. The van der Waals surface area contributed by atoms with Crippen molar-refractivity contribution >= 4 is 21.7 Å². The van der Waals surface area contributed by atoms with Gasteiger partial charge in [-0.1, -0.05) is 0 Å². The number of aryl methyl sites for hydroxylation is 1. The van der Waals surface area contributed by atoms with Crippen molar-refractivity contribution in [3.63, 3.8) is 0 Å². The maximum atomic E-state index is 11.6. The van der Waals surface area contributed by atoms with Gasteiger partial charge in [-0.3, -0.25) is 4.79 Å². The first kappa shape index (κ1) is 13.0. The summed E-state index contributed by atoms with van der Waals surface area (Å²) in [5, 5.41) is 0. The number of ketones is 1. The molecule has 0 aliphatic rings. The average molecular weight is 288 g/mol. The van der Waals surface area contributed by atoms with Crippen LogP contribution >= 0.6 is 15.9 Å². The summed E-state index contributed by atoms with van der Waals surface area (Å²) in [5.41, 5.74) is 6.67. The zero-order chi connectivity index (χ0) is 12.3. The van der Waals surface area contributed by atoms with E-state index in [4.69, 9.17) is 15.2 Å². The molecule has 0 bridgehead atoms. The fraction of sp³-hybridized carbons (Fsp3) is 0.364. The van der Waals surface area contributed by atoms with E-state index >= 15 is 0 Å². The Balaban J connectivity index is 3.46. The van der Waals surface area contributed by atoms with Gasteiger partial charge in [-0.05, 0) is 34.5 Å². The third kappa shape index (κ3) is 2.20. The van der Waals surface area contributed by atoms with Crippen molar-refractivity contribution in [2.75, 3.05) is 20.8 Å². The second-order valence-electron chi connectivity index (χ2n) is 3.25. The van der Waals surface area contributed by atoms with Crippen LogP contribution in [0.25, 0.3) is 0 Å². The van der Waals surface area contributed by atoms with E-state index < -0.39 is 0 Å². The Morgan fingerprint density at radius 1 is 1.38 bits per heavy atom. The van der Waals surface area contributed by atoms with Gasteiger partial charge in [-0.2, -0.15) is 0 Å². The minimum atomic E-state index is -0.164. The minimum absolute atomic E-state index is 0.0471. The molecule has 1 aromatic carbocycles. The predicted octanol–water partition coefficient (Wildman–Crippen LogP) is 1.92. The molecule has 0 aliphatic heterocycles. The van der Waals surface area contributed by atoms with Crippen LogP contribution in [0.3, 0.4) is 0 Å². The quantitative estimate of drug-likeness (QED) is 0.860. The Hall–Kier alpha value is -1.07. The molecule has 0 radical (unpaired) electrons. The Bertz CT molecular complexity index is 418. The SMILES string of the molecule is COc1c(C)cc(C(=O)CN)c(OC)c1Br. The minimum Gasteiger partial charge on any atom is -0.495 e. The summed E-state index contributed by atoms with van der Waals surface area (Å²) in [6.45, 7) is 1.81. The molecule has 1 rings (SSSR count). The number of hydrogen-bond acceptors (Lipinski definition) is 4. The molecule has 88 valence electrons. The van der Waals surface area contributed by atoms with Gasteiger partial charge in [0.05, 0.1) is 26.3 Å². The first-order valence-corrected chi connectivity index (χ1v) is 5.50. The molecule has 0 saturated carbocycles. The lowest BCUT2D eigenvalue weighted by atomic mass is 10.1. The van der Waals surface area contributed by atoms with Gasteiger partial charge >= 0.3 is 0 Å². The van der Waals surface area contributed by atoms with Crippen LogP contribution in [0.5, 0.6) is 11.5 Å². The van der Waals surface area contributed by atoms with Gasteiger partial charge in [0.15, 0.2) is 5.78 Å². The van der Waals surface area contributed by atoms with Crippen molar-refractivity contribution in [2.45, 2.75) is 6.92 Å². The van der Waals surface area contributed by atoms with Crippen molar-refractivity contribution < 1.29 is 14.3 Å². The standard InChI is InChI=1S/C11H14BrNO3/c1-6-4-7(8(14)5-13)11(16-3)9(12)10(6)15-2/h4H,5,13H2,1-3H3. The molecule has 0 aromatic heterocycles. The lowest BCUT2D eigenvalue weighted by molar-refractivity contribution is 0.0998. The van der Waals surface area contributed by atoms with Crippen LogP contribution in [0, 0.1) is 6.92 Å². The van der Waals surface area contributed by atoms with Crippen molar-refractivity contribution in [3.05, 3.63) is 21.7 Å². The lowest BCUT2D eigenvalue weighted by Crippen LogP contribution is -2.15. The highest BCUT2D eigenvalue weighted by atomic mass is 79.9. The maximum Gasteiger partial charge on any atom is 0.180 e. The number of benzene rings is 1. The number of nitrogens with two attached hydrogens (primary N) is 1. The Labute approximate surface area is 103 Å². The van der Waals surface area contributed by atoms with E-state index in [1.807, 2.05) is 6.92 Å². The summed E-state index contributed by atoms with van der Waals surface area (Å²) in [5.74, 6) is 0.951. The zero-order valence-electron chi connectivity index (χ0n) is 9.46. The molecule has 5 heteroatoms. The fourth-order valence-electron chi connectivity index (χ4n) is 1.51. The lowest BCUT2D eigenvalue weighted by Gasteiger charge is -2.14. The van der Waals surface area contributed by atoms with Gasteiger partial charge in [-0.25, -0.2) is 0 Å². The Kier molecular flexibility index (Phi) is 4.32. The third-order valence-corrected chi connectivity index (χ3v) is 2.98. The molecular formula is C11H14BrNO3. The van der Waals surface area contributed by atoms with Crippen molar-refractivity contribution in [3.8, 4) is 11.5 Å². The number of rotatable bonds is 4. The predicted molar refractivity (Wildman–Crippen MR) is 65.4 cm³/mol. The number of ether oxygens (including phenoxy) is 2. The number of Topliss-reactive ketones (excluding diaryl/α,β-unsaturated/α-hetero) is 1. The zero-order valence-corrected chi connectivity index (χ0v) is 11.1. The molecule has 0 fully saturated rings. The van der Waals surface area contributed by atoms with E-state index in [0.29, 0.717) is 21.5 Å². The summed E-state index contributed by atoms with van der Waals surface area (Å²) < 4.78 is 11.0. The van der Waals surface area contributed by atoms with E-state index in [-0.39, 0.29) is 12.3 Å². The van der Waals surface area contributed by atoms with Gasteiger partial charge in [-0.15, -0.1) is 0 Å². The van der Waals surface area contributed by atoms with E-state index in [0.717, 1.165) is 5.56 Å². The summed E-state index contributed by atoms with van der Waals surface area (Å²) >= 11 is 3.36. The monoisotopic (exact) mass is 287 g/mol. The van der Waals surface area contributed by atoms with E-state index in [2.05, 4.69) is 15.9 Å². The van der Waals surface area contributed by atoms with Crippen LogP contribution < -0.4 is 15.2 Å². The highest BCUT2D eigenvalue weighted by Gasteiger charge is 2.19. The Morgan fingerprint density at radius 3 is 2.38 bits per heavy atom. The second-order valence-corrected chi connectivity index (χ2v) is 4.04. The summed E-state index contributed by atoms with van der Waals surface area (Å²) in [6, 6.07) is 1.72. The van der Waals surface area contributed by atoms with Crippen LogP contribution in [0.15, 0.2) is 10.5 Å². The average Bonchev–Trinajstić information content (AvgIpc) is 2.28. The molecule has 0 atom stereocenters.